The maximum atomic E-state index is 5.52. The minimum atomic E-state index is 0.733. The second-order valence-corrected chi connectivity index (χ2v) is 3.62. The molecule has 1 rings (SSSR count). The van der Waals surface area contributed by atoms with E-state index in [1.54, 1.807) is 0 Å². The fourth-order valence-electron chi connectivity index (χ4n) is 1.77. The number of hydrogen-bond acceptors (Lipinski definition) is 1. The molecular weight excluding hydrogens is 134 g/mol. The Hall–Kier alpha value is -0.300. The van der Waals surface area contributed by atoms with Crippen LogP contribution in [0.3, 0.4) is 0 Å². The van der Waals surface area contributed by atoms with Crippen molar-refractivity contribution in [2.24, 2.45) is 11.7 Å². The van der Waals surface area contributed by atoms with E-state index in [4.69, 9.17) is 5.73 Å². The van der Waals surface area contributed by atoms with E-state index < -0.39 is 0 Å². The lowest BCUT2D eigenvalue weighted by Crippen LogP contribution is -2.06. The van der Waals surface area contributed by atoms with E-state index in [-0.39, 0.29) is 0 Å². The molecule has 0 aromatic rings. The van der Waals surface area contributed by atoms with Crippen LogP contribution < -0.4 is 5.73 Å². The number of rotatable bonds is 2. The minimum absolute atomic E-state index is 0.733. The fraction of sp³-hybridized carbons (Fsp3) is 0.800. The van der Waals surface area contributed by atoms with Crippen LogP contribution in [0.4, 0.5) is 0 Å². The van der Waals surface area contributed by atoms with Crippen LogP contribution in [0.1, 0.15) is 39.0 Å². The molecule has 0 saturated heterocycles. The normalized spacial score (nSPS) is 22.2. The summed E-state index contributed by atoms with van der Waals surface area (Å²) in [5.74, 6) is 0.840. The molecule has 0 heterocycles. The van der Waals surface area contributed by atoms with Crippen molar-refractivity contribution in [2.75, 3.05) is 6.54 Å². The Labute approximate surface area is 69.7 Å². The predicted molar refractivity (Wildman–Crippen MR) is 49.4 cm³/mol. The van der Waals surface area contributed by atoms with Gasteiger partial charge in [-0.25, -0.2) is 0 Å². The summed E-state index contributed by atoms with van der Waals surface area (Å²) in [6, 6.07) is 0. The molecular formula is C10H19N. The quantitative estimate of drug-likeness (QED) is 0.606. The molecule has 0 atom stereocenters. The van der Waals surface area contributed by atoms with Crippen molar-refractivity contribution in [1.82, 2.24) is 0 Å². The second-order valence-electron chi connectivity index (χ2n) is 3.62. The van der Waals surface area contributed by atoms with Crippen LogP contribution in [0.2, 0.25) is 0 Å². The van der Waals surface area contributed by atoms with Gasteiger partial charge in [-0.1, -0.05) is 30.9 Å². The Morgan fingerprint density at radius 2 is 2.00 bits per heavy atom. The summed E-state index contributed by atoms with van der Waals surface area (Å²) < 4.78 is 0. The van der Waals surface area contributed by atoms with Crippen molar-refractivity contribution >= 4 is 0 Å². The van der Waals surface area contributed by atoms with Gasteiger partial charge < -0.3 is 5.73 Å². The summed E-state index contributed by atoms with van der Waals surface area (Å²) in [6.07, 6.45) is 9.41. The van der Waals surface area contributed by atoms with Gasteiger partial charge >= 0.3 is 0 Å². The highest BCUT2D eigenvalue weighted by Crippen LogP contribution is 2.25. The van der Waals surface area contributed by atoms with Crippen LogP contribution in [0.25, 0.3) is 0 Å². The monoisotopic (exact) mass is 153 g/mol. The first-order valence-electron chi connectivity index (χ1n) is 4.70. The van der Waals surface area contributed by atoms with Crippen LogP contribution in [0, 0.1) is 5.92 Å². The van der Waals surface area contributed by atoms with Gasteiger partial charge in [0, 0.05) is 6.54 Å². The number of nitrogens with two attached hydrogens (primary N) is 1. The van der Waals surface area contributed by atoms with E-state index in [1.807, 2.05) is 0 Å². The van der Waals surface area contributed by atoms with Gasteiger partial charge in [-0.15, -0.1) is 0 Å². The number of allylic oxidation sites excluding steroid dienone is 1. The van der Waals surface area contributed by atoms with Gasteiger partial charge in [-0.3, -0.25) is 0 Å². The highest BCUT2D eigenvalue weighted by Gasteiger charge is 2.10. The van der Waals surface area contributed by atoms with Gasteiger partial charge in [0.2, 0.25) is 0 Å². The van der Waals surface area contributed by atoms with Gasteiger partial charge in [0.25, 0.3) is 0 Å². The molecule has 1 fully saturated rings. The lowest BCUT2D eigenvalue weighted by atomic mass is 9.88. The molecule has 0 unspecified atom stereocenters. The third-order valence-electron chi connectivity index (χ3n) is 2.49. The van der Waals surface area contributed by atoms with E-state index in [9.17, 15) is 0 Å². The zero-order valence-electron chi connectivity index (χ0n) is 7.47. The second kappa shape index (κ2) is 4.55. The maximum absolute atomic E-state index is 5.52. The standard InChI is InChI=1S/C10H19N/c1-9(8-11)7-10-5-3-2-4-6-10/h7,10H,2-6,8,11H2,1H3/b9-7+. The van der Waals surface area contributed by atoms with Gasteiger partial charge in [-0.05, 0) is 25.7 Å². The van der Waals surface area contributed by atoms with Gasteiger partial charge in [0.1, 0.15) is 0 Å². The lowest BCUT2D eigenvalue weighted by molar-refractivity contribution is 0.417. The summed E-state index contributed by atoms with van der Waals surface area (Å²) in [7, 11) is 0. The summed E-state index contributed by atoms with van der Waals surface area (Å²) in [5.41, 5.74) is 6.88. The molecule has 0 amide bonds. The molecule has 1 nitrogen and oxygen atoms in total. The van der Waals surface area contributed by atoms with E-state index in [1.165, 1.54) is 37.7 Å². The molecule has 0 aromatic heterocycles. The molecule has 64 valence electrons. The average Bonchev–Trinajstić information content (AvgIpc) is 2.06. The van der Waals surface area contributed by atoms with Crippen molar-refractivity contribution in [3.8, 4) is 0 Å². The lowest BCUT2D eigenvalue weighted by Gasteiger charge is -2.18. The Balaban J connectivity index is 2.34. The third kappa shape index (κ3) is 3.06. The van der Waals surface area contributed by atoms with Crippen molar-refractivity contribution < 1.29 is 0 Å². The third-order valence-corrected chi connectivity index (χ3v) is 2.49. The molecule has 0 spiro atoms. The van der Waals surface area contributed by atoms with Crippen LogP contribution in [0.15, 0.2) is 11.6 Å². The molecule has 0 aromatic carbocycles. The average molecular weight is 153 g/mol. The highest BCUT2D eigenvalue weighted by molar-refractivity contribution is 5.02. The van der Waals surface area contributed by atoms with E-state index in [2.05, 4.69) is 13.0 Å². The molecule has 1 saturated carbocycles. The van der Waals surface area contributed by atoms with Crippen molar-refractivity contribution in [3.63, 3.8) is 0 Å². The molecule has 1 aliphatic carbocycles. The van der Waals surface area contributed by atoms with E-state index in [0.717, 1.165) is 12.5 Å². The minimum Gasteiger partial charge on any atom is -0.327 e. The molecule has 0 radical (unpaired) electrons. The van der Waals surface area contributed by atoms with Crippen LogP contribution in [0.5, 0.6) is 0 Å². The molecule has 2 N–H and O–H groups in total. The zero-order valence-corrected chi connectivity index (χ0v) is 7.47. The van der Waals surface area contributed by atoms with Gasteiger partial charge in [-0.2, -0.15) is 0 Å². The first-order valence-corrected chi connectivity index (χ1v) is 4.70. The fourth-order valence-corrected chi connectivity index (χ4v) is 1.77. The smallest absolute Gasteiger partial charge is 0.0134 e. The Morgan fingerprint density at radius 1 is 1.36 bits per heavy atom. The SMILES string of the molecule is C/C(=C\C1CCCCC1)CN. The Kier molecular flexibility index (Phi) is 3.64. The first-order chi connectivity index (χ1) is 5.33. The van der Waals surface area contributed by atoms with Crippen LogP contribution >= 0.6 is 0 Å². The zero-order chi connectivity index (χ0) is 8.10. The van der Waals surface area contributed by atoms with E-state index >= 15 is 0 Å². The summed E-state index contributed by atoms with van der Waals surface area (Å²) in [6.45, 7) is 2.87. The topological polar surface area (TPSA) is 26.0 Å². The van der Waals surface area contributed by atoms with Gasteiger partial charge in [0.15, 0.2) is 0 Å². The summed E-state index contributed by atoms with van der Waals surface area (Å²) >= 11 is 0. The summed E-state index contributed by atoms with van der Waals surface area (Å²) in [4.78, 5) is 0. The summed E-state index contributed by atoms with van der Waals surface area (Å²) in [5, 5.41) is 0. The molecule has 1 aliphatic rings. The van der Waals surface area contributed by atoms with Crippen LogP contribution in [-0.2, 0) is 0 Å². The van der Waals surface area contributed by atoms with E-state index in [0.29, 0.717) is 0 Å². The molecule has 11 heavy (non-hydrogen) atoms. The highest BCUT2D eigenvalue weighted by atomic mass is 14.5. The Bertz CT molecular complexity index is 132. The Morgan fingerprint density at radius 3 is 2.55 bits per heavy atom. The molecule has 0 aliphatic heterocycles. The van der Waals surface area contributed by atoms with Crippen LogP contribution in [-0.4, -0.2) is 6.54 Å². The molecule has 1 heteroatoms. The van der Waals surface area contributed by atoms with Crippen molar-refractivity contribution in [3.05, 3.63) is 11.6 Å². The number of hydrogen-bond donors (Lipinski definition) is 1. The van der Waals surface area contributed by atoms with Gasteiger partial charge in [0.05, 0.1) is 0 Å². The predicted octanol–water partition coefficient (Wildman–Crippen LogP) is 2.47. The van der Waals surface area contributed by atoms with Crippen molar-refractivity contribution in [1.29, 1.82) is 0 Å². The maximum Gasteiger partial charge on any atom is 0.0134 e. The molecule has 0 bridgehead atoms. The first kappa shape index (κ1) is 8.79. The van der Waals surface area contributed by atoms with Crippen molar-refractivity contribution in [2.45, 2.75) is 39.0 Å². The largest absolute Gasteiger partial charge is 0.327 e.